The van der Waals surface area contributed by atoms with Gasteiger partial charge in [0.25, 0.3) is 0 Å². The Morgan fingerprint density at radius 2 is 1.44 bits per heavy atom. The minimum atomic E-state index is -5.17. The molecule has 0 rings (SSSR count). The van der Waals surface area contributed by atoms with E-state index >= 15 is 0 Å². The number of halogens is 1. The van der Waals surface area contributed by atoms with E-state index in [1.54, 1.807) is 0 Å². The second-order valence-electron chi connectivity index (χ2n) is 1.41. The molecule has 0 unspecified atom stereocenters. The zero-order valence-corrected chi connectivity index (χ0v) is 6.28. The minimum absolute atomic E-state index is 1.32. The summed E-state index contributed by atoms with van der Waals surface area (Å²) >= 11 is 0. The number of unbranched alkanes of at least 4 members (excludes halogenated alkanes) is 1. The molecule has 0 spiro atoms. The number of hydrogen-bond donors (Lipinski definition) is 1. The molecule has 5 heteroatoms. The fourth-order valence-corrected chi connectivity index (χ4v) is 0. The highest BCUT2D eigenvalue weighted by Gasteiger charge is 1.89. The lowest BCUT2D eigenvalue weighted by atomic mass is 10.4. The monoisotopic (exact) mass is 158 g/mol. The molecule has 0 fully saturated rings. The Balaban J connectivity index is 0. The molecule has 0 atom stereocenters. The Morgan fingerprint density at radius 3 is 1.44 bits per heavy atom. The van der Waals surface area contributed by atoms with Crippen molar-refractivity contribution in [3.63, 3.8) is 0 Å². The van der Waals surface area contributed by atoms with Crippen molar-refractivity contribution in [1.82, 2.24) is 0 Å². The van der Waals surface area contributed by atoms with Crippen molar-refractivity contribution in [2.24, 2.45) is 0 Å². The first-order valence-corrected chi connectivity index (χ1v) is 3.92. The standard InChI is InChI=1S/C4H10.FHO3S/c1-3-4-2;1-5(2,3)4/h3-4H2,1-2H3;(H,2,3,4). The van der Waals surface area contributed by atoms with E-state index in [9.17, 15) is 3.89 Å². The van der Waals surface area contributed by atoms with Crippen LogP contribution in [0.2, 0.25) is 0 Å². The summed E-state index contributed by atoms with van der Waals surface area (Å²) < 4.78 is 34.1. The van der Waals surface area contributed by atoms with Gasteiger partial charge in [0.1, 0.15) is 0 Å². The van der Waals surface area contributed by atoms with Crippen LogP contribution >= 0.6 is 0 Å². The Hall–Kier alpha value is -0.160. The van der Waals surface area contributed by atoms with Gasteiger partial charge >= 0.3 is 10.5 Å². The van der Waals surface area contributed by atoms with Gasteiger partial charge < -0.3 is 0 Å². The third-order valence-corrected chi connectivity index (χ3v) is 0.500. The van der Waals surface area contributed by atoms with E-state index in [0.717, 1.165) is 0 Å². The Bertz CT molecular complexity index is 119. The van der Waals surface area contributed by atoms with E-state index in [0.29, 0.717) is 0 Å². The normalized spacial score (nSPS) is 9.78. The van der Waals surface area contributed by atoms with Gasteiger partial charge in [-0.05, 0) is 0 Å². The predicted octanol–water partition coefficient (Wildman–Crippen LogP) is 1.57. The van der Waals surface area contributed by atoms with Crippen molar-refractivity contribution in [2.75, 3.05) is 0 Å². The molecule has 1 N–H and O–H groups in total. The smallest absolute Gasteiger partial charge is 0.260 e. The maximum atomic E-state index is 10.2. The van der Waals surface area contributed by atoms with Crippen molar-refractivity contribution in [3.05, 3.63) is 0 Å². The van der Waals surface area contributed by atoms with Gasteiger partial charge in [-0.15, -0.1) is 0 Å². The summed E-state index contributed by atoms with van der Waals surface area (Å²) in [5.74, 6) is 0. The molecule has 58 valence electrons. The average Bonchev–Trinajstić information content (AvgIpc) is 1.61. The minimum Gasteiger partial charge on any atom is -0.260 e. The molecule has 0 radical (unpaired) electrons. The van der Waals surface area contributed by atoms with Crippen LogP contribution < -0.4 is 0 Å². The van der Waals surface area contributed by atoms with E-state index in [-0.39, 0.29) is 0 Å². The lowest BCUT2D eigenvalue weighted by Crippen LogP contribution is -1.80. The molecular formula is C4H11FO3S. The van der Waals surface area contributed by atoms with E-state index in [2.05, 4.69) is 13.8 Å². The van der Waals surface area contributed by atoms with Crippen LogP contribution in [0, 0.1) is 0 Å². The molecule has 0 amide bonds. The lowest BCUT2D eigenvalue weighted by molar-refractivity contribution is 0.435. The molecule has 0 aromatic rings. The van der Waals surface area contributed by atoms with E-state index < -0.39 is 10.5 Å². The fourth-order valence-electron chi connectivity index (χ4n) is 0. The van der Waals surface area contributed by atoms with Crippen LogP contribution in [0.25, 0.3) is 0 Å². The zero-order valence-electron chi connectivity index (χ0n) is 5.46. The van der Waals surface area contributed by atoms with Crippen molar-refractivity contribution in [2.45, 2.75) is 26.7 Å². The largest absolute Gasteiger partial charge is 0.435 e. The quantitative estimate of drug-likeness (QED) is 0.465. The van der Waals surface area contributed by atoms with Crippen molar-refractivity contribution >= 4 is 10.5 Å². The van der Waals surface area contributed by atoms with Gasteiger partial charge in [-0.3, -0.25) is 4.55 Å². The van der Waals surface area contributed by atoms with E-state index in [4.69, 9.17) is 13.0 Å². The van der Waals surface area contributed by atoms with Crippen molar-refractivity contribution in [3.8, 4) is 0 Å². The van der Waals surface area contributed by atoms with Gasteiger partial charge in [-0.2, -0.15) is 8.42 Å². The molecule has 0 aliphatic heterocycles. The van der Waals surface area contributed by atoms with Gasteiger partial charge in [-0.1, -0.05) is 30.6 Å². The summed E-state index contributed by atoms with van der Waals surface area (Å²) in [4.78, 5) is 0. The van der Waals surface area contributed by atoms with Gasteiger partial charge in [0.05, 0.1) is 0 Å². The highest BCUT2D eigenvalue weighted by Crippen LogP contribution is 1.76. The lowest BCUT2D eigenvalue weighted by Gasteiger charge is -1.68. The predicted molar refractivity (Wildman–Crippen MR) is 33.2 cm³/mol. The summed E-state index contributed by atoms with van der Waals surface area (Å²) in [7, 11) is -5.17. The highest BCUT2D eigenvalue weighted by molar-refractivity contribution is 7.80. The van der Waals surface area contributed by atoms with Crippen LogP contribution in [-0.4, -0.2) is 13.0 Å². The third-order valence-electron chi connectivity index (χ3n) is 0.500. The summed E-state index contributed by atoms with van der Waals surface area (Å²) in [6.07, 6.45) is 2.64. The van der Waals surface area contributed by atoms with Crippen LogP contribution in [0.4, 0.5) is 3.89 Å². The second-order valence-corrected chi connectivity index (χ2v) is 2.24. The molecule has 0 saturated heterocycles. The Labute approximate surface area is 54.9 Å². The van der Waals surface area contributed by atoms with Gasteiger partial charge in [-0.25, -0.2) is 0 Å². The molecule has 0 heterocycles. The third kappa shape index (κ3) is 379. The summed E-state index contributed by atoms with van der Waals surface area (Å²) in [6.45, 7) is 4.36. The summed E-state index contributed by atoms with van der Waals surface area (Å²) in [5, 5.41) is 0. The van der Waals surface area contributed by atoms with Crippen LogP contribution in [0.1, 0.15) is 26.7 Å². The first kappa shape index (κ1) is 11.6. The molecule has 3 nitrogen and oxygen atoms in total. The van der Waals surface area contributed by atoms with E-state index in [1.165, 1.54) is 12.8 Å². The molecular weight excluding hydrogens is 147 g/mol. The molecule has 0 saturated carbocycles. The van der Waals surface area contributed by atoms with Crippen LogP contribution in [0.5, 0.6) is 0 Å². The summed E-state index contributed by atoms with van der Waals surface area (Å²) in [6, 6.07) is 0. The molecule has 0 aliphatic carbocycles. The van der Waals surface area contributed by atoms with Crippen molar-refractivity contribution in [1.29, 1.82) is 0 Å². The Kier molecular flexibility index (Phi) is 7.70. The van der Waals surface area contributed by atoms with Gasteiger partial charge in [0, 0.05) is 0 Å². The van der Waals surface area contributed by atoms with Crippen LogP contribution in [0.3, 0.4) is 0 Å². The topological polar surface area (TPSA) is 54.4 Å². The van der Waals surface area contributed by atoms with Crippen LogP contribution in [-0.2, 0) is 10.5 Å². The SMILES string of the molecule is CCCC.O=S(=O)(O)F. The first-order chi connectivity index (χ1) is 3.91. The molecule has 0 aliphatic rings. The highest BCUT2D eigenvalue weighted by atomic mass is 32.3. The second kappa shape index (κ2) is 5.97. The molecule has 0 bridgehead atoms. The van der Waals surface area contributed by atoms with Crippen molar-refractivity contribution < 1.29 is 16.9 Å². The zero-order chi connectivity index (χ0) is 7.91. The molecule has 9 heavy (non-hydrogen) atoms. The van der Waals surface area contributed by atoms with Gasteiger partial charge in [0.2, 0.25) is 0 Å². The molecule has 0 aromatic carbocycles. The fraction of sp³-hybridized carbons (Fsp3) is 1.00. The summed E-state index contributed by atoms with van der Waals surface area (Å²) in [5.41, 5.74) is 0. The average molecular weight is 158 g/mol. The number of rotatable bonds is 1. The van der Waals surface area contributed by atoms with E-state index in [1.807, 2.05) is 0 Å². The maximum absolute atomic E-state index is 10.2. The van der Waals surface area contributed by atoms with Crippen LogP contribution in [0.15, 0.2) is 0 Å². The maximum Gasteiger partial charge on any atom is 0.435 e. The first-order valence-electron chi connectivity index (χ1n) is 2.58. The van der Waals surface area contributed by atoms with Gasteiger partial charge in [0.15, 0.2) is 0 Å². The Morgan fingerprint density at radius 1 is 1.33 bits per heavy atom. The number of hydrogen-bond acceptors (Lipinski definition) is 2. The molecule has 0 aromatic heterocycles.